The van der Waals surface area contributed by atoms with Gasteiger partial charge in [-0.2, -0.15) is 0 Å². The van der Waals surface area contributed by atoms with E-state index in [-0.39, 0.29) is 0 Å². The van der Waals surface area contributed by atoms with Crippen molar-refractivity contribution in [1.29, 1.82) is 0 Å². The monoisotopic (exact) mass is 908 g/mol. The number of aromatic nitrogens is 4. The highest BCUT2D eigenvalue weighted by molar-refractivity contribution is 6.25. The zero-order chi connectivity index (χ0) is 46.5. The molecule has 0 aliphatic carbocycles. The van der Waals surface area contributed by atoms with Gasteiger partial charge in [0, 0.05) is 153 Å². The van der Waals surface area contributed by atoms with E-state index in [4.69, 9.17) is 0 Å². The summed E-state index contributed by atoms with van der Waals surface area (Å²) in [4.78, 5) is 5.26. The smallest absolute Gasteiger partial charge is 0.0496 e. The van der Waals surface area contributed by atoms with Crippen LogP contribution < -0.4 is 9.80 Å². The molecular formula is C64H56N6. The summed E-state index contributed by atoms with van der Waals surface area (Å²) in [6.07, 6.45) is 7.59. The Kier molecular flexibility index (Phi) is 8.56. The summed E-state index contributed by atoms with van der Waals surface area (Å²) in [5.41, 5.74) is 18.0. The molecule has 0 N–H and O–H groups in total. The van der Waals surface area contributed by atoms with Crippen molar-refractivity contribution in [2.45, 2.75) is 38.5 Å². The normalized spacial score (nSPS) is 15.1. The number of benzene rings is 9. The van der Waals surface area contributed by atoms with Crippen LogP contribution in [0.4, 0.5) is 11.4 Å². The lowest BCUT2D eigenvalue weighted by Crippen LogP contribution is -2.29. The van der Waals surface area contributed by atoms with E-state index < -0.39 is 0 Å². The van der Waals surface area contributed by atoms with Gasteiger partial charge in [-0.1, -0.05) is 72.8 Å². The molecule has 13 aromatic rings. The maximum Gasteiger partial charge on any atom is 0.0496 e. The molecule has 4 aromatic heterocycles. The Morgan fingerprint density at radius 3 is 0.986 bits per heavy atom. The second kappa shape index (κ2) is 14.9. The van der Waals surface area contributed by atoms with Crippen LogP contribution in [0.5, 0.6) is 0 Å². The predicted molar refractivity (Wildman–Crippen MR) is 300 cm³/mol. The van der Waals surface area contributed by atoms with Crippen molar-refractivity contribution in [1.82, 2.24) is 18.3 Å². The van der Waals surface area contributed by atoms with Gasteiger partial charge in [0.2, 0.25) is 0 Å². The average Bonchev–Trinajstić information content (AvgIpc) is 4.06. The van der Waals surface area contributed by atoms with Crippen LogP contribution >= 0.6 is 0 Å². The van der Waals surface area contributed by atoms with Crippen LogP contribution in [0.25, 0.3) is 131 Å². The van der Waals surface area contributed by atoms with Crippen LogP contribution in [0.1, 0.15) is 38.5 Å². The second-order valence-electron chi connectivity index (χ2n) is 20.8. The Morgan fingerprint density at radius 1 is 0.257 bits per heavy atom. The van der Waals surface area contributed by atoms with Gasteiger partial charge in [0.15, 0.2) is 0 Å². The van der Waals surface area contributed by atoms with Gasteiger partial charge >= 0.3 is 0 Å². The van der Waals surface area contributed by atoms with Crippen LogP contribution in [-0.4, -0.2) is 44.4 Å². The molecule has 6 heteroatoms. The van der Waals surface area contributed by atoms with Gasteiger partial charge in [-0.15, -0.1) is 0 Å². The summed E-state index contributed by atoms with van der Waals surface area (Å²) in [6.45, 7) is 4.42. The maximum absolute atomic E-state index is 2.63. The number of anilines is 2. The minimum atomic E-state index is 1.11. The number of para-hydroxylation sites is 2. The van der Waals surface area contributed by atoms with Gasteiger partial charge in [-0.3, -0.25) is 0 Å². The van der Waals surface area contributed by atoms with Crippen LogP contribution in [0.2, 0.25) is 0 Å². The van der Waals surface area contributed by atoms with Crippen LogP contribution in [0, 0.1) is 0 Å². The van der Waals surface area contributed by atoms with E-state index in [9.17, 15) is 0 Å². The first-order valence-electron chi connectivity index (χ1n) is 25.7. The number of hydrogen-bond donors (Lipinski definition) is 0. The maximum atomic E-state index is 2.63. The molecule has 0 unspecified atom stereocenters. The minimum absolute atomic E-state index is 1.11. The van der Waals surface area contributed by atoms with Crippen molar-refractivity contribution in [3.05, 3.63) is 146 Å². The van der Waals surface area contributed by atoms with Crippen LogP contribution in [-0.2, 0) is 28.2 Å². The van der Waals surface area contributed by atoms with Crippen molar-refractivity contribution in [3.8, 4) is 22.3 Å². The van der Waals surface area contributed by atoms with E-state index in [1.54, 1.807) is 0 Å². The molecule has 0 spiro atoms. The molecule has 15 rings (SSSR count). The van der Waals surface area contributed by atoms with Gasteiger partial charge in [0.25, 0.3) is 0 Å². The standard InChI is InChI=1S/C64H56N6/c1-65-55-17-9-7-15-43(55)49-35-61-51(37-59(49)65)45-23-19-39(31-57(45)67(61)3)63-47-25-21-42(70-29-13-6-14-30-70)34-54(47)64(48-26-22-41(33-53(48)63)69-27-11-5-12-28-69)40-20-24-46-52-38-60-50(36-62(52)68(4)58(46)32-40)44-16-8-10-18-56(44)66(60)2/h7-10,15-26,31-38H,5-6,11-14,27-30H2,1-4H3. The van der Waals surface area contributed by atoms with Crippen molar-refractivity contribution in [3.63, 3.8) is 0 Å². The van der Waals surface area contributed by atoms with Gasteiger partial charge < -0.3 is 28.1 Å². The highest BCUT2D eigenvalue weighted by atomic mass is 15.1. The molecule has 0 amide bonds. The summed E-state index contributed by atoms with van der Waals surface area (Å²) in [5, 5.41) is 15.7. The molecule has 9 aromatic carbocycles. The van der Waals surface area contributed by atoms with E-state index in [0.717, 1.165) is 26.2 Å². The fraction of sp³-hybridized carbons (Fsp3) is 0.219. The van der Waals surface area contributed by atoms with E-state index in [2.05, 4.69) is 202 Å². The largest absolute Gasteiger partial charge is 0.372 e. The average molecular weight is 909 g/mol. The molecule has 0 bridgehead atoms. The quantitative estimate of drug-likeness (QED) is 0.165. The lowest BCUT2D eigenvalue weighted by atomic mass is 9.85. The van der Waals surface area contributed by atoms with Crippen LogP contribution in [0.15, 0.2) is 146 Å². The third kappa shape index (κ3) is 5.62. The van der Waals surface area contributed by atoms with Crippen molar-refractivity contribution in [2.24, 2.45) is 28.2 Å². The summed E-state index contributed by atoms with van der Waals surface area (Å²) >= 11 is 0. The molecule has 2 saturated heterocycles. The Balaban J connectivity index is 0.999. The predicted octanol–water partition coefficient (Wildman–Crippen LogP) is 15.9. The Hall–Kier alpha value is -7.70. The van der Waals surface area contributed by atoms with E-state index in [1.807, 2.05) is 0 Å². The number of fused-ring (bicyclic) bond motifs is 14. The number of hydrogen-bond acceptors (Lipinski definition) is 2. The molecule has 0 radical (unpaired) electrons. The molecule has 2 aliphatic rings. The van der Waals surface area contributed by atoms with Gasteiger partial charge in [-0.05, 0) is 155 Å². The SMILES string of the molecule is Cn1c2ccccc2c2cc3c(cc21)c1ccc(-c2c4ccc(N5CCCCC5)cc4c(-c4ccc5c6cc7c(cc6n(C)c5c4)c4ccccc4n7C)c4ccc(N5CCCCC5)cc24)cc1n3C. The van der Waals surface area contributed by atoms with Gasteiger partial charge in [-0.25, -0.2) is 0 Å². The molecule has 70 heavy (non-hydrogen) atoms. The van der Waals surface area contributed by atoms with E-state index in [0.29, 0.717) is 0 Å². The molecule has 0 saturated carbocycles. The van der Waals surface area contributed by atoms with Crippen molar-refractivity contribution in [2.75, 3.05) is 36.0 Å². The zero-order valence-corrected chi connectivity index (χ0v) is 40.6. The number of piperidine rings is 2. The lowest BCUT2D eigenvalue weighted by Gasteiger charge is -2.30. The van der Waals surface area contributed by atoms with Crippen LogP contribution in [0.3, 0.4) is 0 Å². The Morgan fingerprint density at radius 2 is 0.586 bits per heavy atom. The molecule has 6 nitrogen and oxygen atoms in total. The third-order valence-corrected chi connectivity index (χ3v) is 17.2. The topological polar surface area (TPSA) is 26.2 Å². The summed E-state index contributed by atoms with van der Waals surface area (Å²) < 4.78 is 9.59. The van der Waals surface area contributed by atoms with Crippen molar-refractivity contribution < 1.29 is 0 Å². The van der Waals surface area contributed by atoms with Gasteiger partial charge in [0.1, 0.15) is 0 Å². The first-order valence-corrected chi connectivity index (χ1v) is 25.7. The zero-order valence-electron chi connectivity index (χ0n) is 40.6. The number of rotatable bonds is 4. The highest BCUT2D eigenvalue weighted by Crippen LogP contribution is 2.48. The second-order valence-corrected chi connectivity index (χ2v) is 20.8. The Bertz CT molecular complexity index is 4090. The number of nitrogens with zero attached hydrogens (tertiary/aromatic N) is 6. The van der Waals surface area contributed by atoms with Crippen molar-refractivity contribution >= 4 is 120 Å². The molecule has 6 heterocycles. The van der Waals surface area contributed by atoms with E-state index in [1.165, 1.54) is 181 Å². The first-order chi connectivity index (χ1) is 34.4. The Labute approximate surface area is 407 Å². The molecule has 2 aliphatic heterocycles. The summed E-state index contributed by atoms with van der Waals surface area (Å²) in [7, 11) is 8.94. The lowest BCUT2D eigenvalue weighted by molar-refractivity contribution is 0.578. The summed E-state index contributed by atoms with van der Waals surface area (Å²) in [5.74, 6) is 0. The molecule has 342 valence electrons. The summed E-state index contributed by atoms with van der Waals surface area (Å²) in [6, 6.07) is 56.9. The minimum Gasteiger partial charge on any atom is -0.372 e. The molecule has 0 atom stereocenters. The fourth-order valence-electron chi connectivity index (χ4n) is 13.5. The fourth-order valence-corrected chi connectivity index (χ4v) is 13.5. The van der Waals surface area contributed by atoms with E-state index >= 15 is 0 Å². The number of aryl methyl sites for hydroxylation is 4. The highest BCUT2D eigenvalue weighted by Gasteiger charge is 2.24. The molecule has 2 fully saturated rings. The third-order valence-electron chi connectivity index (χ3n) is 17.2. The van der Waals surface area contributed by atoms with Gasteiger partial charge in [0.05, 0.1) is 0 Å². The first kappa shape index (κ1) is 40.2. The molecular weight excluding hydrogens is 853 g/mol.